The Hall–Kier alpha value is -2.57. The van der Waals surface area contributed by atoms with Gasteiger partial charge in [-0.05, 0) is 35.7 Å². The summed E-state index contributed by atoms with van der Waals surface area (Å²) in [5.41, 5.74) is 2.06. The molecule has 12 heteroatoms. The molecule has 1 aromatic heterocycles. The number of fused-ring (bicyclic) bond motifs is 1. The van der Waals surface area contributed by atoms with Gasteiger partial charge in [-0.3, -0.25) is 5.10 Å². The molecule has 166 valence electrons. The highest BCUT2D eigenvalue weighted by atomic mass is 32.2. The maximum atomic E-state index is 13.2. The van der Waals surface area contributed by atoms with Crippen molar-refractivity contribution in [1.29, 1.82) is 0 Å². The van der Waals surface area contributed by atoms with Crippen molar-refractivity contribution in [2.75, 3.05) is 13.2 Å². The lowest BCUT2D eigenvalue weighted by Crippen LogP contribution is -2.40. The Morgan fingerprint density at radius 2 is 2.00 bits per heavy atom. The van der Waals surface area contributed by atoms with Crippen molar-refractivity contribution < 1.29 is 35.1 Å². The quantitative estimate of drug-likeness (QED) is 0.508. The SMILES string of the molecule is Cc1cc(-c2c(S(=O)(=O)C3COC3)ccc3[nH]nc(OC(F)F)c23)ccc1C[SH](=O)=O. The average Bonchev–Trinajstić information content (AvgIpc) is 3.03. The lowest BCUT2D eigenvalue weighted by atomic mass is 9.97. The second kappa shape index (κ2) is 8.17. The Morgan fingerprint density at radius 1 is 1.26 bits per heavy atom. The van der Waals surface area contributed by atoms with Crippen LogP contribution in [0.5, 0.6) is 5.88 Å². The Kier molecular flexibility index (Phi) is 5.71. The summed E-state index contributed by atoms with van der Waals surface area (Å²) in [6.07, 6.45) is 0. The highest BCUT2D eigenvalue weighted by molar-refractivity contribution is 7.92. The molecular formula is C19H18F2N2O6S2. The number of aromatic nitrogens is 2. The summed E-state index contributed by atoms with van der Waals surface area (Å²) in [5.74, 6) is -0.590. The molecule has 1 fully saturated rings. The van der Waals surface area contributed by atoms with Crippen LogP contribution in [-0.4, -0.2) is 52.1 Å². The monoisotopic (exact) mass is 472 g/mol. The zero-order chi connectivity index (χ0) is 22.3. The van der Waals surface area contributed by atoms with Gasteiger partial charge in [0.2, 0.25) is 5.88 Å². The van der Waals surface area contributed by atoms with Crippen LogP contribution in [-0.2, 0) is 31.0 Å². The van der Waals surface area contributed by atoms with E-state index in [2.05, 4.69) is 14.9 Å². The molecule has 1 aliphatic heterocycles. The van der Waals surface area contributed by atoms with Crippen molar-refractivity contribution in [3.8, 4) is 17.0 Å². The summed E-state index contributed by atoms with van der Waals surface area (Å²) in [5, 5.41) is 5.71. The van der Waals surface area contributed by atoms with Crippen LogP contribution in [0.25, 0.3) is 22.0 Å². The fraction of sp³-hybridized carbons (Fsp3) is 0.316. The maximum Gasteiger partial charge on any atom is 0.388 e. The number of rotatable bonds is 7. The molecule has 2 heterocycles. The van der Waals surface area contributed by atoms with Gasteiger partial charge < -0.3 is 9.47 Å². The third kappa shape index (κ3) is 4.02. The molecule has 1 N–H and O–H groups in total. The minimum Gasteiger partial charge on any atom is -0.415 e. The smallest absolute Gasteiger partial charge is 0.388 e. The van der Waals surface area contributed by atoms with Gasteiger partial charge in [-0.1, -0.05) is 18.2 Å². The topological polar surface area (TPSA) is 115 Å². The first-order valence-electron chi connectivity index (χ1n) is 9.17. The first kappa shape index (κ1) is 21.7. The number of aryl methyl sites for hydroxylation is 1. The normalized spacial score (nSPS) is 15.0. The molecule has 0 radical (unpaired) electrons. The van der Waals surface area contributed by atoms with Crippen LogP contribution in [0.1, 0.15) is 11.1 Å². The predicted molar refractivity (Wildman–Crippen MR) is 109 cm³/mol. The Bertz CT molecular complexity index is 1320. The third-order valence-electron chi connectivity index (χ3n) is 5.14. The van der Waals surface area contributed by atoms with Crippen LogP contribution in [0.3, 0.4) is 0 Å². The molecule has 0 saturated carbocycles. The lowest BCUT2D eigenvalue weighted by molar-refractivity contribution is -0.0518. The molecule has 2 aromatic carbocycles. The van der Waals surface area contributed by atoms with E-state index in [-0.39, 0.29) is 34.8 Å². The van der Waals surface area contributed by atoms with E-state index in [4.69, 9.17) is 4.74 Å². The van der Waals surface area contributed by atoms with Gasteiger partial charge in [0.05, 0.1) is 34.8 Å². The number of benzene rings is 2. The number of sulfone groups is 1. The summed E-state index contributed by atoms with van der Waals surface area (Å²) >= 11 is 0. The highest BCUT2D eigenvalue weighted by Gasteiger charge is 2.37. The summed E-state index contributed by atoms with van der Waals surface area (Å²) < 4.78 is 84.1. The summed E-state index contributed by atoms with van der Waals surface area (Å²) in [7, 11) is -6.49. The van der Waals surface area contributed by atoms with Gasteiger partial charge in [-0.2, -0.15) is 8.78 Å². The van der Waals surface area contributed by atoms with Gasteiger partial charge in [-0.25, -0.2) is 16.8 Å². The molecule has 0 atom stereocenters. The minimum atomic E-state index is -3.84. The van der Waals surface area contributed by atoms with Crippen molar-refractivity contribution in [1.82, 2.24) is 10.2 Å². The lowest BCUT2D eigenvalue weighted by Gasteiger charge is -2.27. The largest absolute Gasteiger partial charge is 0.415 e. The molecule has 0 unspecified atom stereocenters. The summed E-state index contributed by atoms with van der Waals surface area (Å²) in [6.45, 7) is -1.38. The number of nitrogens with zero attached hydrogens (tertiary/aromatic N) is 1. The zero-order valence-corrected chi connectivity index (χ0v) is 17.9. The van der Waals surface area contributed by atoms with E-state index in [0.717, 1.165) is 0 Å². The van der Waals surface area contributed by atoms with Crippen LogP contribution in [0.15, 0.2) is 35.2 Å². The second-order valence-electron chi connectivity index (χ2n) is 7.11. The molecule has 3 aromatic rings. The number of hydrogen-bond donors (Lipinski definition) is 2. The molecule has 1 saturated heterocycles. The number of alkyl halides is 2. The Labute approximate surface area is 178 Å². The van der Waals surface area contributed by atoms with Gasteiger partial charge >= 0.3 is 6.61 Å². The molecule has 0 spiro atoms. The Balaban J connectivity index is 1.99. The van der Waals surface area contributed by atoms with Crippen molar-refractivity contribution in [3.05, 3.63) is 41.5 Å². The second-order valence-corrected chi connectivity index (χ2v) is 10.3. The molecule has 0 aliphatic carbocycles. The van der Waals surface area contributed by atoms with Crippen LogP contribution < -0.4 is 4.74 Å². The molecule has 0 bridgehead atoms. The van der Waals surface area contributed by atoms with E-state index < -0.39 is 38.3 Å². The average molecular weight is 472 g/mol. The third-order valence-corrected chi connectivity index (χ3v) is 7.85. The van der Waals surface area contributed by atoms with Gasteiger partial charge in [0.1, 0.15) is 16.0 Å². The van der Waals surface area contributed by atoms with E-state index >= 15 is 0 Å². The summed E-state index contributed by atoms with van der Waals surface area (Å²) in [4.78, 5) is -0.0594. The molecular weight excluding hydrogens is 454 g/mol. The molecule has 0 amide bonds. The highest BCUT2D eigenvalue weighted by Crippen LogP contribution is 2.41. The van der Waals surface area contributed by atoms with E-state index in [1.165, 1.54) is 12.1 Å². The fourth-order valence-corrected chi connectivity index (χ4v) is 5.80. The van der Waals surface area contributed by atoms with Gasteiger partial charge in [-0.15, -0.1) is 5.10 Å². The molecule has 31 heavy (non-hydrogen) atoms. The number of nitrogens with one attached hydrogen (secondary N) is 1. The van der Waals surface area contributed by atoms with Gasteiger partial charge in [0, 0.05) is 5.56 Å². The fourth-order valence-electron chi connectivity index (χ4n) is 3.50. The van der Waals surface area contributed by atoms with Gasteiger partial charge in [0.15, 0.2) is 9.84 Å². The van der Waals surface area contributed by atoms with E-state index in [1.807, 2.05) is 0 Å². The Morgan fingerprint density at radius 3 is 2.58 bits per heavy atom. The zero-order valence-electron chi connectivity index (χ0n) is 16.2. The van der Waals surface area contributed by atoms with E-state index in [1.54, 1.807) is 25.1 Å². The predicted octanol–water partition coefficient (Wildman–Crippen LogP) is 2.42. The van der Waals surface area contributed by atoms with Crippen molar-refractivity contribution in [2.45, 2.75) is 29.4 Å². The van der Waals surface area contributed by atoms with Crippen molar-refractivity contribution >= 4 is 31.4 Å². The molecule has 1 aliphatic rings. The number of ether oxygens (including phenoxy) is 2. The van der Waals surface area contributed by atoms with Crippen LogP contribution in [0.2, 0.25) is 0 Å². The number of H-pyrrole nitrogens is 1. The van der Waals surface area contributed by atoms with Crippen LogP contribution in [0.4, 0.5) is 8.78 Å². The van der Waals surface area contributed by atoms with E-state index in [9.17, 15) is 25.6 Å². The molecule has 8 nitrogen and oxygen atoms in total. The maximum absolute atomic E-state index is 13.2. The van der Waals surface area contributed by atoms with Gasteiger partial charge in [0.25, 0.3) is 0 Å². The number of aromatic amines is 1. The first-order valence-corrected chi connectivity index (χ1v) is 12.1. The standard InChI is InChI=1S/C19H18F2N2O6S2/c1-10-6-11(2-3-12(10)9-30(24)25)16-15(31(26,27)13-7-28-8-13)5-4-14-17(16)18(23-22-14)29-19(20)21/h2-6,13,19,30H,7-9H2,1H3,(H,22,23). The van der Waals surface area contributed by atoms with Crippen LogP contribution >= 0.6 is 0 Å². The number of halogens is 2. The number of thiol groups is 1. The van der Waals surface area contributed by atoms with Crippen LogP contribution in [0, 0.1) is 6.92 Å². The minimum absolute atomic E-state index is 0.0418. The summed E-state index contributed by atoms with van der Waals surface area (Å²) in [6, 6.07) is 7.60. The number of hydrogen-bond acceptors (Lipinski definition) is 7. The first-order chi connectivity index (χ1) is 14.7. The van der Waals surface area contributed by atoms with Crippen molar-refractivity contribution in [2.24, 2.45) is 0 Å². The molecule has 4 rings (SSSR count). The van der Waals surface area contributed by atoms with Crippen molar-refractivity contribution in [3.63, 3.8) is 0 Å². The van der Waals surface area contributed by atoms with E-state index in [0.29, 0.717) is 22.2 Å².